The lowest BCUT2D eigenvalue weighted by Gasteiger charge is -2.17. The van der Waals surface area contributed by atoms with Crippen LogP contribution in [0, 0.1) is 19.8 Å². The third-order valence-electron chi connectivity index (χ3n) is 6.29. The Morgan fingerprint density at radius 3 is 2.82 bits per heavy atom. The van der Waals surface area contributed by atoms with Gasteiger partial charge in [-0.2, -0.15) is 0 Å². The van der Waals surface area contributed by atoms with Gasteiger partial charge in [0.25, 0.3) is 5.56 Å². The van der Waals surface area contributed by atoms with Crippen LogP contribution in [0.1, 0.15) is 64.4 Å². The van der Waals surface area contributed by atoms with Gasteiger partial charge in [-0.1, -0.05) is 6.92 Å². The van der Waals surface area contributed by atoms with E-state index in [9.17, 15) is 9.59 Å². The molecule has 0 radical (unpaired) electrons. The lowest BCUT2D eigenvalue weighted by Crippen LogP contribution is -2.25. The molecule has 0 aromatic carbocycles. The van der Waals surface area contributed by atoms with Crippen LogP contribution in [-0.4, -0.2) is 19.9 Å². The van der Waals surface area contributed by atoms with Crippen molar-refractivity contribution in [3.05, 3.63) is 50.1 Å². The van der Waals surface area contributed by atoms with Crippen LogP contribution in [0.2, 0.25) is 0 Å². The highest BCUT2D eigenvalue weighted by molar-refractivity contribution is 7.18. The largest absolute Gasteiger partial charge is 0.345 e. The van der Waals surface area contributed by atoms with Gasteiger partial charge in [0.1, 0.15) is 4.83 Å². The summed E-state index contributed by atoms with van der Waals surface area (Å²) in [5, 5.41) is 0.741. The van der Waals surface area contributed by atoms with E-state index < -0.39 is 0 Å². The molecule has 0 bridgehead atoms. The van der Waals surface area contributed by atoms with Gasteiger partial charge >= 0.3 is 0 Å². The lowest BCUT2D eigenvalue weighted by atomic mass is 9.89. The number of rotatable bonds is 4. The summed E-state index contributed by atoms with van der Waals surface area (Å²) < 4.78 is 3.77. The lowest BCUT2D eigenvalue weighted by molar-refractivity contribution is 0.0970. The summed E-state index contributed by atoms with van der Waals surface area (Å²) >= 11 is 1.65. The van der Waals surface area contributed by atoms with Crippen molar-refractivity contribution in [2.75, 3.05) is 0 Å². The Balaban J connectivity index is 1.50. The third-order valence-corrected chi connectivity index (χ3v) is 7.46. The summed E-state index contributed by atoms with van der Waals surface area (Å²) in [6.07, 6.45) is 7.00. The molecule has 146 valence electrons. The number of Topliss-reactive ketones (excluding diaryl/α,β-unsaturated/α-hetero) is 1. The zero-order valence-corrected chi connectivity index (χ0v) is 17.4. The van der Waals surface area contributed by atoms with Gasteiger partial charge in [0.05, 0.1) is 18.3 Å². The molecule has 0 spiro atoms. The van der Waals surface area contributed by atoms with Crippen LogP contribution >= 0.6 is 11.3 Å². The van der Waals surface area contributed by atoms with E-state index in [1.807, 2.05) is 13.0 Å². The number of thiophene rings is 1. The van der Waals surface area contributed by atoms with Gasteiger partial charge in [0, 0.05) is 27.9 Å². The minimum Gasteiger partial charge on any atom is -0.345 e. The first kappa shape index (κ1) is 17.9. The number of aromatic nitrogens is 3. The Morgan fingerprint density at radius 2 is 2.07 bits per heavy atom. The molecule has 0 unspecified atom stereocenters. The van der Waals surface area contributed by atoms with Crippen LogP contribution in [0.3, 0.4) is 0 Å². The molecule has 1 fully saturated rings. The number of hydrogen-bond donors (Lipinski definition) is 0. The smallest absolute Gasteiger partial charge is 0.262 e. The fourth-order valence-corrected chi connectivity index (χ4v) is 6.01. The van der Waals surface area contributed by atoms with Crippen molar-refractivity contribution in [3.8, 4) is 0 Å². The van der Waals surface area contributed by atoms with Gasteiger partial charge in [-0.25, -0.2) is 4.98 Å². The Labute approximate surface area is 168 Å². The first-order valence-electron chi connectivity index (χ1n) is 10.2. The molecule has 3 aromatic heterocycles. The molecule has 5 nitrogen and oxygen atoms in total. The first-order valence-corrected chi connectivity index (χ1v) is 11.0. The third kappa shape index (κ3) is 2.77. The van der Waals surface area contributed by atoms with Crippen LogP contribution < -0.4 is 5.56 Å². The molecule has 3 aromatic rings. The molecule has 1 atom stereocenters. The minimum absolute atomic E-state index is 0.0130. The molecular formula is C22H25N3O2S. The average molecular weight is 396 g/mol. The van der Waals surface area contributed by atoms with E-state index >= 15 is 0 Å². The van der Waals surface area contributed by atoms with Crippen molar-refractivity contribution in [3.63, 3.8) is 0 Å². The van der Waals surface area contributed by atoms with Gasteiger partial charge in [-0.3, -0.25) is 14.2 Å². The predicted octanol–water partition coefficient (Wildman–Crippen LogP) is 4.22. The normalized spacial score (nSPS) is 19.2. The molecular weight excluding hydrogens is 370 g/mol. The van der Waals surface area contributed by atoms with E-state index in [0.717, 1.165) is 46.4 Å². The van der Waals surface area contributed by atoms with Gasteiger partial charge in [0.2, 0.25) is 0 Å². The molecule has 6 heteroatoms. The van der Waals surface area contributed by atoms with E-state index in [0.29, 0.717) is 12.0 Å². The molecule has 2 aliphatic rings. The highest BCUT2D eigenvalue weighted by Gasteiger charge is 2.29. The standard InChI is InChI=1S/C22H25N3O2S/c1-12-4-7-16-19(8-12)28-21-20(16)22(27)24(11-23-21)10-18(26)17-9-13(2)25(14(17)3)15-5-6-15/h9,11-12,15H,4-8,10H2,1-3H3/t12-/m1/s1. The molecule has 2 aliphatic carbocycles. The monoisotopic (exact) mass is 395 g/mol. The number of carbonyl (C=O) groups excluding carboxylic acids is 1. The van der Waals surface area contributed by atoms with Gasteiger partial charge < -0.3 is 4.57 Å². The van der Waals surface area contributed by atoms with Crippen molar-refractivity contribution in [2.45, 2.75) is 65.5 Å². The maximum absolute atomic E-state index is 13.2. The topological polar surface area (TPSA) is 56.9 Å². The van der Waals surface area contributed by atoms with E-state index in [2.05, 4.69) is 23.4 Å². The van der Waals surface area contributed by atoms with Crippen molar-refractivity contribution in [2.24, 2.45) is 5.92 Å². The molecule has 5 rings (SSSR count). The summed E-state index contributed by atoms with van der Waals surface area (Å²) in [4.78, 5) is 32.8. The fraction of sp³-hybridized carbons (Fsp3) is 0.500. The average Bonchev–Trinajstić information content (AvgIpc) is 3.34. The molecule has 0 amide bonds. The minimum atomic E-state index is -0.0681. The Bertz CT molecular complexity index is 1160. The van der Waals surface area contributed by atoms with Crippen LogP contribution in [0.5, 0.6) is 0 Å². The molecule has 28 heavy (non-hydrogen) atoms. The maximum Gasteiger partial charge on any atom is 0.262 e. The van der Waals surface area contributed by atoms with Gasteiger partial charge in [-0.15, -0.1) is 11.3 Å². The van der Waals surface area contributed by atoms with Gasteiger partial charge in [0.15, 0.2) is 5.78 Å². The summed E-state index contributed by atoms with van der Waals surface area (Å²) in [6.45, 7) is 6.38. The fourth-order valence-electron chi connectivity index (χ4n) is 4.67. The number of hydrogen-bond acceptors (Lipinski definition) is 4. The second-order valence-corrected chi connectivity index (χ2v) is 9.60. The summed E-state index contributed by atoms with van der Waals surface area (Å²) in [5.74, 6) is 0.645. The summed E-state index contributed by atoms with van der Waals surface area (Å²) in [6, 6.07) is 2.52. The van der Waals surface area contributed by atoms with Crippen molar-refractivity contribution in [1.82, 2.24) is 14.1 Å². The number of fused-ring (bicyclic) bond motifs is 3. The van der Waals surface area contributed by atoms with Crippen molar-refractivity contribution < 1.29 is 4.79 Å². The van der Waals surface area contributed by atoms with E-state index in [1.54, 1.807) is 17.7 Å². The van der Waals surface area contributed by atoms with Crippen molar-refractivity contribution >= 4 is 27.3 Å². The van der Waals surface area contributed by atoms with E-state index in [4.69, 9.17) is 0 Å². The molecule has 1 saturated carbocycles. The highest BCUT2D eigenvalue weighted by Crippen LogP contribution is 2.38. The number of aryl methyl sites for hydroxylation is 2. The quantitative estimate of drug-likeness (QED) is 0.622. The molecule has 0 saturated heterocycles. The maximum atomic E-state index is 13.2. The second-order valence-electron chi connectivity index (χ2n) is 8.52. The number of ketones is 1. The van der Waals surface area contributed by atoms with Crippen LogP contribution in [0.15, 0.2) is 17.2 Å². The Hall–Kier alpha value is -2.21. The Kier molecular flexibility index (Phi) is 4.09. The summed E-state index contributed by atoms with van der Waals surface area (Å²) in [7, 11) is 0. The zero-order valence-electron chi connectivity index (χ0n) is 16.6. The molecule has 0 aliphatic heterocycles. The number of nitrogens with zero attached hydrogens (tertiary/aromatic N) is 3. The molecule has 0 N–H and O–H groups in total. The Morgan fingerprint density at radius 1 is 1.29 bits per heavy atom. The van der Waals surface area contributed by atoms with Crippen LogP contribution in [0.25, 0.3) is 10.2 Å². The SMILES string of the molecule is Cc1cc(C(=O)Cn2cnc3sc4c(c3c2=O)CC[C@@H](C)C4)c(C)n1C1CC1. The van der Waals surface area contributed by atoms with E-state index in [-0.39, 0.29) is 17.9 Å². The van der Waals surface area contributed by atoms with Crippen LogP contribution in [-0.2, 0) is 19.4 Å². The zero-order chi connectivity index (χ0) is 19.6. The number of carbonyl (C=O) groups is 1. The second kappa shape index (κ2) is 6.41. The van der Waals surface area contributed by atoms with E-state index in [1.165, 1.54) is 27.8 Å². The first-order chi connectivity index (χ1) is 13.4. The van der Waals surface area contributed by atoms with Gasteiger partial charge in [-0.05, 0) is 63.5 Å². The molecule has 3 heterocycles. The summed E-state index contributed by atoms with van der Waals surface area (Å²) in [5.41, 5.74) is 3.99. The van der Waals surface area contributed by atoms with Crippen LogP contribution in [0.4, 0.5) is 0 Å². The predicted molar refractivity (Wildman–Crippen MR) is 112 cm³/mol. The van der Waals surface area contributed by atoms with Crippen molar-refractivity contribution in [1.29, 1.82) is 0 Å². The highest BCUT2D eigenvalue weighted by atomic mass is 32.1.